The third kappa shape index (κ3) is 4.54. The molecule has 32 heavy (non-hydrogen) atoms. The number of rotatable bonds is 5. The van der Waals surface area contributed by atoms with Gasteiger partial charge in [0.15, 0.2) is 11.6 Å². The lowest BCUT2D eigenvalue weighted by atomic mass is 9.69. The molecule has 0 bridgehead atoms. The van der Waals surface area contributed by atoms with Gasteiger partial charge in [0.1, 0.15) is 0 Å². The molecule has 1 aliphatic carbocycles. The molecule has 0 aromatic heterocycles. The standard InChI is InChI=1S/C26H29F2N3O/c1-18(19-7-8-23(27)24(28)15-19)25(32)30-21-11-14-31(16-21)22-9-12-26(17-29,13-10-22)20-5-3-2-4-6-20/h2-8,15,18,21-22H,9-14,16H2,1H3,(H,30,32). The highest BCUT2D eigenvalue weighted by atomic mass is 19.2. The van der Waals surface area contributed by atoms with Crippen LogP contribution in [0.1, 0.15) is 56.1 Å². The van der Waals surface area contributed by atoms with Crippen molar-refractivity contribution in [3.8, 4) is 6.07 Å². The summed E-state index contributed by atoms with van der Waals surface area (Å²) in [6.45, 7) is 3.41. The minimum atomic E-state index is -0.935. The molecule has 1 amide bonds. The van der Waals surface area contributed by atoms with Gasteiger partial charge in [-0.1, -0.05) is 36.4 Å². The zero-order valence-corrected chi connectivity index (χ0v) is 18.4. The Morgan fingerprint density at radius 3 is 2.50 bits per heavy atom. The van der Waals surface area contributed by atoms with Crippen LogP contribution in [-0.2, 0) is 10.2 Å². The van der Waals surface area contributed by atoms with Crippen molar-refractivity contribution in [1.29, 1.82) is 5.26 Å². The second-order valence-corrected chi connectivity index (χ2v) is 9.18. The number of likely N-dealkylation sites (tertiary alicyclic amines) is 1. The van der Waals surface area contributed by atoms with E-state index in [1.807, 2.05) is 18.2 Å². The van der Waals surface area contributed by atoms with E-state index in [2.05, 4.69) is 28.4 Å². The Balaban J connectivity index is 1.31. The lowest BCUT2D eigenvalue weighted by Crippen LogP contribution is -2.44. The van der Waals surface area contributed by atoms with Gasteiger partial charge in [-0.05, 0) is 62.3 Å². The maximum Gasteiger partial charge on any atom is 0.227 e. The number of amides is 1. The Kier molecular flexibility index (Phi) is 6.57. The van der Waals surface area contributed by atoms with Crippen molar-refractivity contribution in [2.24, 2.45) is 0 Å². The predicted molar refractivity (Wildman–Crippen MR) is 119 cm³/mol. The fourth-order valence-corrected chi connectivity index (χ4v) is 5.18. The summed E-state index contributed by atoms with van der Waals surface area (Å²) in [7, 11) is 0. The molecule has 2 unspecified atom stereocenters. The van der Waals surface area contributed by atoms with Gasteiger partial charge in [0.2, 0.25) is 5.91 Å². The maximum absolute atomic E-state index is 13.5. The molecule has 2 fully saturated rings. The molecule has 4 rings (SSSR count). The molecule has 1 aliphatic heterocycles. The van der Waals surface area contributed by atoms with Crippen LogP contribution in [0.2, 0.25) is 0 Å². The highest BCUT2D eigenvalue weighted by Crippen LogP contribution is 2.40. The summed E-state index contributed by atoms with van der Waals surface area (Å²) in [6, 6.07) is 16.8. The molecule has 0 spiro atoms. The normalized spacial score (nSPS) is 26.9. The third-order valence-electron chi connectivity index (χ3n) is 7.27. The van der Waals surface area contributed by atoms with Crippen molar-refractivity contribution in [2.45, 2.75) is 62.4 Å². The Labute approximate surface area is 188 Å². The van der Waals surface area contributed by atoms with E-state index < -0.39 is 23.0 Å². The van der Waals surface area contributed by atoms with Crippen molar-refractivity contribution in [3.05, 3.63) is 71.3 Å². The van der Waals surface area contributed by atoms with Crippen molar-refractivity contribution in [2.75, 3.05) is 13.1 Å². The van der Waals surface area contributed by atoms with Crippen LogP contribution in [0.15, 0.2) is 48.5 Å². The van der Waals surface area contributed by atoms with Crippen LogP contribution in [0.25, 0.3) is 0 Å². The molecule has 168 valence electrons. The van der Waals surface area contributed by atoms with E-state index in [1.54, 1.807) is 6.92 Å². The van der Waals surface area contributed by atoms with Crippen LogP contribution in [-0.4, -0.2) is 36.0 Å². The molecule has 2 aliphatic rings. The van der Waals surface area contributed by atoms with Gasteiger partial charge in [0.25, 0.3) is 0 Å². The van der Waals surface area contributed by atoms with E-state index in [1.165, 1.54) is 6.07 Å². The summed E-state index contributed by atoms with van der Waals surface area (Å²) in [6.07, 6.45) is 4.50. The molecular weight excluding hydrogens is 408 g/mol. The average molecular weight is 438 g/mol. The van der Waals surface area contributed by atoms with Crippen LogP contribution >= 0.6 is 0 Å². The number of halogens is 2. The molecule has 1 heterocycles. The zero-order valence-electron chi connectivity index (χ0n) is 18.4. The monoisotopic (exact) mass is 437 g/mol. The predicted octanol–water partition coefficient (Wildman–Crippen LogP) is 4.66. The van der Waals surface area contributed by atoms with E-state index in [9.17, 15) is 18.8 Å². The Morgan fingerprint density at radius 2 is 1.84 bits per heavy atom. The molecule has 6 heteroatoms. The van der Waals surface area contributed by atoms with Crippen molar-refractivity contribution in [3.63, 3.8) is 0 Å². The number of benzene rings is 2. The molecule has 1 saturated heterocycles. The summed E-state index contributed by atoms with van der Waals surface area (Å²) >= 11 is 0. The van der Waals surface area contributed by atoms with Gasteiger partial charge in [0, 0.05) is 25.2 Å². The summed E-state index contributed by atoms with van der Waals surface area (Å²) in [4.78, 5) is 15.1. The topological polar surface area (TPSA) is 56.1 Å². The lowest BCUT2D eigenvalue weighted by Gasteiger charge is -2.39. The number of nitrogens with zero attached hydrogens (tertiary/aromatic N) is 2. The first-order valence-corrected chi connectivity index (χ1v) is 11.4. The number of carbonyl (C=O) groups excluding carboxylic acids is 1. The maximum atomic E-state index is 13.5. The van der Waals surface area contributed by atoms with Crippen molar-refractivity contribution in [1.82, 2.24) is 10.2 Å². The van der Waals surface area contributed by atoms with Gasteiger partial charge in [0.05, 0.1) is 17.4 Å². The number of nitriles is 1. The Hall–Kier alpha value is -2.78. The third-order valence-corrected chi connectivity index (χ3v) is 7.27. The van der Waals surface area contributed by atoms with Crippen LogP contribution < -0.4 is 5.32 Å². The SMILES string of the molecule is CC(C(=O)NC1CCN(C2CCC(C#N)(c3ccccc3)CC2)C1)c1ccc(F)c(F)c1. The summed E-state index contributed by atoms with van der Waals surface area (Å²) in [5.74, 6) is -2.56. The van der Waals surface area contributed by atoms with Crippen molar-refractivity contribution < 1.29 is 13.6 Å². The molecule has 2 atom stereocenters. The Bertz CT molecular complexity index is 996. The average Bonchev–Trinajstić information content (AvgIpc) is 3.29. The number of nitrogens with one attached hydrogen (secondary N) is 1. The minimum absolute atomic E-state index is 0.0482. The smallest absolute Gasteiger partial charge is 0.227 e. The molecule has 1 saturated carbocycles. The van der Waals surface area contributed by atoms with E-state index in [0.29, 0.717) is 11.6 Å². The molecule has 0 radical (unpaired) electrons. The van der Waals surface area contributed by atoms with Gasteiger partial charge in [-0.2, -0.15) is 5.26 Å². The first-order chi connectivity index (χ1) is 15.4. The van der Waals surface area contributed by atoms with Crippen LogP contribution in [0.3, 0.4) is 0 Å². The largest absolute Gasteiger partial charge is 0.352 e. The number of carbonyl (C=O) groups is 1. The lowest BCUT2D eigenvalue weighted by molar-refractivity contribution is -0.122. The summed E-state index contributed by atoms with van der Waals surface area (Å²) < 4.78 is 26.7. The molecular formula is C26H29F2N3O. The zero-order chi connectivity index (χ0) is 22.7. The first-order valence-electron chi connectivity index (χ1n) is 11.4. The van der Waals surface area contributed by atoms with Gasteiger partial charge < -0.3 is 5.32 Å². The second-order valence-electron chi connectivity index (χ2n) is 9.18. The van der Waals surface area contributed by atoms with Gasteiger partial charge in [-0.3, -0.25) is 9.69 Å². The Morgan fingerprint density at radius 1 is 1.12 bits per heavy atom. The van der Waals surface area contributed by atoms with Crippen LogP contribution in [0.5, 0.6) is 0 Å². The van der Waals surface area contributed by atoms with Gasteiger partial charge in [-0.15, -0.1) is 0 Å². The summed E-state index contributed by atoms with van der Waals surface area (Å²) in [5.41, 5.74) is 1.18. The summed E-state index contributed by atoms with van der Waals surface area (Å²) in [5, 5.41) is 13.0. The van der Waals surface area contributed by atoms with Crippen molar-refractivity contribution >= 4 is 5.91 Å². The molecule has 1 N–H and O–H groups in total. The van der Waals surface area contributed by atoms with Gasteiger partial charge >= 0.3 is 0 Å². The van der Waals surface area contributed by atoms with Crippen LogP contribution in [0, 0.1) is 23.0 Å². The van der Waals surface area contributed by atoms with E-state index in [-0.39, 0.29) is 11.9 Å². The second kappa shape index (κ2) is 9.38. The van der Waals surface area contributed by atoms with Crippen LogP contribution in [0.4, 0.5) is 8.78 Å². The molecule has 2 aromatic rings. The fraction of sp³-hybridized carbons (Fsp3) is 0.462. The quantitative estimate of drug-likeness (QED) is 0.740. The molecule has 2 aromatic carbocycles. The van der Waals surface area contributed by atoms with E-state index >= 15 is 0 Å². The van der Waals surface area contributed by atoms with E-state index in [4.69, 9.17) is 0 Å². The highest BCUT2D eigenvalue weighted by molar-refractivity contribution is 5.83. The number of hydrogen-bond donors (Lipinski definition) is 1. The molecule has 4 nitrogen and oxygen atoms in total. The minimum Gasteiger partial charge on any atom is -0.352 e. The number of hydrogen-bond acceptors (Lipinski definition) is 3. The fourth-order valence-electron chi connectivity index (χ4n) is 5.18. The van der Waals surface area contributed by atoms with E-state index in [0.717, 1.165) is 62.9 Å². The highest BCUT2D eigenvalue weighted by Gasteiger charge is 2.40. The van der Waals surface area contributed by atoms with Gasteiger partial charge in [-0.25, -0.2) is 8.78 Å². The first kappa shape index (κ1) is 22.4.